The van der Waals surface area contributed by atoms with Crippen LogP contribution in [-0.4, -0.2) is 40.5 Å². The third-order valence-electron chi connectivity index (χ3n) is 3.65. The number of ether oxygens (including phenoxy) is 1. The van der Waals surface area contributed by atoms with E-state index in [4.69, 9.17) is 9.84 Å². The van der Waals surface area contributed by atoms with Gasteiger partial charge in [0, 0.05) is 24.2 Å². The lowest BCUT2D eigenvalue weighted by molar-refractivity contribution is 0.292. The molecule has 3 N–H and O–H groups in total. The molecule has 3 rings (SSSR count). The van der Waals surface area contributed by atoms with Crippen LogP contribution in [0.1, 0.15) is 5.56 Å². The average Bonchev–Trinajstić information content (AvgIpc) is 3.12. The van der Waals surface area contributed by atoms with Gasteiger partial charge in [0.15, 0.2) is 11.6 Å². The van der Waals surface area contributed by atoms with Crippen LogP contribution in [0.25, 0.3) is 22.8 Å². The summed E-state index contributed by atoms with van der Waals surface area (Å²) >= 11 is 0. The summed E-state index contributed by atoms with van der Waals surface area (Å²) < 4.78 is 5.17. The van der Waals surface area contributed by atoms with Crippen molar-refractivity contribution in [2.75, 3.05) is 20.3 Å². The standard InChI is InChI=1S/C18H20N4O2/c1-24-16-7-5-14(6-8-16)17-20-18(22-21-17)15-4-2-3-13(11-15)12-19-9-10-23/h2-8,11,19,23H,9-10,12H2,1H3,(H,20,21,22). The maximum atomic E-state index is 8.83. The number of rotatable bonds is 7. The molecule has 0 unspecified atom stereocenters. The SMILES string of the molecule is COc1ccc(-c2nc(-c3cccc(CNCCO)c3)n[nH]2)cc1. The van der Waals surface area contributed by atoms with Crippen LogP contribution in [0.2, 0.25) is 0 Å². The van der Waals surface area contributed by atoms with Crippen molar-refractivity contribution in [2.24, 2.45) is 0 Å². The second-order valence-electron chi connectivity index (χ2n) is 5.34. The van der Waals surface area contributed by atoms with Crippen molar-refractivity contribution in [3.8, 4) is 28.5 Å². The molecule has 24 heavy (non-hydrogen) atoms. The molecule has 0 fully saturated rings. The van der Waals surface area contributed by atoms with E-state index in [2.05, 4.69) is 20.5 Å². The van der Waals surface area contributed by atoms with Crippen molar-refractivity contribution in [3.63, 3.8) is 0 Å². The van der Waals surface area contributed by atoms with Gasteiger partial charge in [-0.15, -0.1) is 0 Å². The monoisotopic (exact) mass is 324 g/mol. The zero-order valence-electron chi connectivity index (χ0n) is 13.5. The number of benzene rings is 2. The third kappa shape index (κ3) is 3.79. The van der Waals surface area contributed by atoms with E-state index in [-0.39, 0.29) is 6.61 Å². The first-order valence-electron chi connectivity index (χ1n) is 7.78. The highest BCUT2D eigenvalue weighted by molar-refractivity contribution is 5.62. The quantitative estimate of drug-likeness (QED) is 0.581. The molecule has 0 aliphatic carbocycles. The summed E-state index contributed by atoms with van der Waals surface area (Å²) in [7, 11) is 1.64. The molecule has 0 aliphatic heterocycles. The summed E-state index contributed by atoms with van der Waals surface area (Å²) in [5.74, 6) is 2.18. The Labute approximate surface area is 140 Å². The zero-order chi connectivity index (χ0) is 16.8. The van der Waals surface area contributed by atoms with Crippen molar-refractivity contribution < 1.29 is 9.84 Å². The van der Waals surface area contributed by atoms with Crippen LogP contribution in [0.3, 0.4) is 0 Å². The first-order chi connectivity index (χ1) is 11.8. The number of hydrogen-bond acceptors (Lipinski definition) is 5. The second-order valence-corrected chi connectivity index (χ2v) is 5.34. The minimum absolute atomic E-state index is 0.131. The molecule has 0 radical (unpaired) electrons. The smallest absolute Gasteiger partial charge is 0.181 e. The summed E-state index contributed by atoms with van der Waals surface area (Å²) in [5, 5.41) is 19.3. The Bertz CT molecular complexity index is 784. The minimum atomic E-state index is 0.131. The molecule has 1 heterocycles. The lowest BCUT2D eigenvalue weighted by Gasteiger charge is -2.04. The average molecular weight is 324 g/mol. The van der Waals surface area contributed by atoms with E-state index >= 15 is 0 Å². The van der Waals surface area contributed by atoms with Gasteiger partial charge in [0.25, 0.3) is 0 Å². The Morgan fingerprint density at radius 2 is 1.96 bits per heavy atom. The number of aliphatic hydroxyl groups excluding tert-OH is 1. The van der Waals surface area contributed by atoms with Crippen LogP contribution in [0, 0.1) is 0 Å². The second kappa shape index (κ2) is 7.72. The fourth-order valence-electron chi connectivity index (χ4n) is 2.40. The molecule has 1 aromatic heterocycles. The maximum Gasteiger partial charge on any atom is 0.181 e. The van der Waals surface area contributed by atoms with Crippen molar-refractivity contribution in [1.82, 2.24) is 20.5 Å². The molecule has 0 saturated carbocycles. The van der Waals surface area contributed by atoms with Gasteiger partial charge < -0.3 is 15.2 Å². The molecule has 0 aliphatic rings. The molecule has 0 atom stereocenters. The van der Waals surface area contributed by atoms with E-state index in [1.807, 2.05) is 48.5 Å². The van der Waals surface area contributed by atoms with E-state index in [9.17, 15) is 0 Å². The number of aromatic amines is 1. The van der Waals surface area contributed by atoms with E-state index in [0.717, 1.165) is 28.3 Å². The van der Waals surface area contributed by atoms with Crippen LogP contribution >= 0.6 is 0 Å². The molecular formula is C18H20N4O2. The van der Waals surface area contributed by atoms with Crippen LogP contribution in [0.15, 0.2) is 48.5 Å². The Morgan fingerprint density at radius 3 is 2.71 bits per heavy atom. The van der Waals surface area contributed by atoms with E-state index < -0.39 is 0 Å². The van der Waals surface area contributed by atoms with Gasteiger partial charge in [-0.25, -0.2) is 4.98 Å². The van der Waals surface area contributed by atoms with Crippen molar-refractivity contribution >= 4 is 0 Å². The number of nitrogens with zero attached hydrogens (tertiary/aromatic N) is 2. The van der Waals surface area contributed by atoms with Gasteiger partial charge in [-0.3, -0.25) is 5.10 Å². The van der Waals surface area contributed by atoms with Crippen LogP contribution < -0.4 is 10.1 Å². The summed E-state index contributed by atoms with van der Waals surface area (Å²) in [6.45, 7) is 1.41. The van der Waals surface area contributed by atoms with Crippen molar-refractivity contribution in [1.29, 1.82) is 0 Å². The number of methoxy groups -OCH3 is 1. The minimum Gasteiger partial charge on any atom is -0.497 e. The summed E-state index contributed by atoms with van der Waals surface area (Å²) in [5.41, 5.74) is 3.03. The molecule has 2 aromatic carbocycles. The van der Waals surface area contributed by atoms with E-state index in [1.54, 1.807) is 7.11 Å². The van der Waals surface area contributed by atoms with Gasteiger partial charge in [0.05, 0.1) is 13.7 Å². The maximum absolute atomic E-state index is 8.83. The van der Waals surface area contributed by atoms with Crippen LogP contribution in [0.5, 0.6) is 5.75 Å². The lowest BCUT2D eigenvalue weighted by atomic mass is 10.1. The molecule has 124 valence electrons. The highest BCUT2D eigenvalue weighted by Crippen LogP contribution is 2.22. The Balaban J connectivity index is 1.78. The molecule has 6 heteroatoms. The third-order valence-corrected chi connectivity index (χ3v) is 3.65. The van der Waals surface area contributed by atoms with Crippen LogP contribution in [-0.2, 0) is 6.54 Å². The first-order valence-corrected chi connectivity index (χ1v) is 7.78. The van der Waals surface area contributed by atoms with Crippen molar-refractivity contribution in [2.45, 2.75) is 6.54 Å². The number of aliphatic hydroxyl groups is 1. The van der Waals surface area contributed by atoms with E-state index in [1.165, 1.54) is 0 Å². The van der Waals surface area contributed by atoms with Gasteiger partial charge in [0.2, 0.25) is 0 Å². The lowest BCUT2D eigenvalue weighted by Crippen LogP contribution is -2.17. The molecular weight excluding hydrogens is 304 g/mol. The van der Waals surface area contributed by atoms with Gasteiger partial charge in [0.1, 0.15) is 5.75 Å². The van der Waals surface area contributed by atoms with Gasteiger partial charge in [-0.05, 0) is 35.9 Å². The predicted octanol–water partition coefficient (Wildman–Crippen LogP) is 2.23. The zero-order valence-corrected chi connectivity index (χ0v) is 13.5. The summed E-state index contributed by atoms with van der Waals surface area (Å²) in [4.78, 5) is 4.58. The van der Waals surface area contributed by atoms with Gasteiger partial charge in [-0.1, -0.05) is 18.2 Å². The molecule has 0 bridgehead atoms. The fourth-order valence-corrected chi connectivity index (χ4v) is 2.40. The molecule has 3 aromatic rings. The van der Waals surface area contributed by atoms with E-state index in [0.29, 0.717) is 18.9 Å². The first kappa shape index (κ1) is 16.2. The highest BCUT2D eigenvalue weighted by Gasteiger charge is 2.08. The Hall–Kier alpha value is -2.70. The summed E-state index contributed by atoms with van der Waals surface area (Å²) in [6, 6.07) is 15.7. The molecule has 6 nitrogen and oxygen atoms in total. The Morgan fingerprint density at radius 1 is 1.12 bits per heavy atom. The largest absolute Gasteiger partial charge is 0.497 e. The van der Waals surface area contributed by atoms with Crippen LogP contribution in [0.4, 0.5) is 0 Å². The predicted molar refractivity (Wildman–Crippen MR) is 92.6 cm³/mol. The number of nitrogens with one attached hydrogen (secondary N) is 2. The highest BCUT2D eigenvalue weighted by atomic mass is 16.5. The normalized spacial score (nSPS) is 10.8. The van der Waals surface area contributed by atoms with Crippen molar-refractivity contribution in [3.05, 3.63) is 54.1 Å². The summed E-state index contributed by atoms with van der Waals surface area (Å²) in [6.07, 6.45) is 0. The Kier molecular flexibility index (Phi) is 5.20. The van der Waals surface area contributed by atoms with Gasteiger partial charge in [-0.2, -0.15) is 5.10 Å². The topological polar surface area (TPSA) is 83.1 Å². The molecule has 0 amide bonds. The number of H-pyrrole nitrogens is 1. The molecule has 0 spiro atoms. The number of aromatic nitrogens is 3. The fraction of sp³-hybridized carbons (Fsp3) is 0.222. The number of hydrogen-bond donors (Lipinski definition) is 3. The van der Waals surface area contributed by atoms with Gasteiger partial charge >= 0.3 is 0 Å². The molecule has 0 saturated heterocycles.